The number of hydrogen-bond donors (Lipinski definition) is 1. The average Bonchev–Trinajstić information content (AvgIpc) is 2.41. The molecule has 0 radical (unpaired) electrons. The third-order valence-corrected chi connectivity index (χ3v) is 4.08. The van der Waals surface area contributed by atoms with Crippen molar-refractivity contribution >= 4 is 11.8 Å². The summed E-state index contributed by atoms with van der Waals surface area (Å²) in [5.74, 6) is 2.41. The van der Waals surface area contributed by atoms with Crippen LogP contribution in [0.1, 0.15) is 32.3 Å². The third-order valence-electron chi connectivity index (χ3n) is 3.38. The molecular formula is C17H28FNS. The SMILES string of the molecule is CSCCCC(CNCC(C)C)Cc1ccc(F)cc1. The van der Waals surface area contributed by atoms with E-state index < -0.39 is 0 Å². The normalized spacial score (nSPS) is 12.8. The number of hydrogen-bond acceptors (Lipinski definition) is 2. The van der Waals surface area contributed by atoms with E-state index in [0.717, 1.165) is 19.5 Å². The van der Waals surface area contributed by atoms with Crippen LogP contribution in [0.2, 0.25) is 0 Å². The van der Waals surface area contributed by atoms with E-state index in [4.69, 9.17) is 0 Å². The van der Waals surface area contributed by atoms with Gasteiger partial charge in [-0.1, -0.05) is 26.0 Å². The molecule has 0 saturated carbocycles. The molecule has 1 N–H and O–H groups in total. The van der Waals surface area contributed by atoms with Gasteiger partial charge < -0.3 is 5.32 Å². The van der Waals surface area contributed by atoms with Gasteiger partial charge in [-0.05, 0) is 73.9 Å². The van der Waals surface area contributed by atoms with Crippen molar-refractivity contribution < 1.29 is 4.39 Å². The lowest BCUT2D eigenvalue weighted by molar-refractivity contribution is 0.422. The molecule has 114 valence electrons. The second-order valence-electron chi connectivity index (χ2n) is 5.88. The Bertz CT molecular complexity index is 351. The average molecular weight is 297 g/mol. The van der Waals surface area contributed by atoms with Gasteiger partial charge in [-0.3, -0.25) is 0 Å². The molecule has 0 aliphatic carbocycles. The Morgan fingerprint density at radius 1 is 1.15 bits per heavy atom. The summed E-state index contributed by atoms with van der Waals surface area (Å²) >= 11 is 1.91. The van der Waals surface area contributed by atoms with Crippen LogP contribution in [0.5, 0.6) is 0 Å². The molecule has 3 heteroatoms. The number of rotatable bonds is 10. The fourth-order valence-electron chi connectivity index (χ4n) is 2.32. The standard InChI is InChI=1S/C17H28FNS/c1-14(2)12-19-13-16(5-4-10-20-3)11-15-6-8-17(18)9-7-15/h6-9,14,16,19H,4-5,10-13H2,1-3H3. The van der Waals surface area contributed by atoms with Crippen LogP contribution in [0.4, 0.5) is 4.39 Å². The second kappa shape index (κ2) is 10.2. The van der Waals surface area contributed by atoms with Crippen molar-refractivity contribution in [1.82, 2.24) is 5.32 Å². The highest BCUT2D eigenvalue weighted by atomic mass is 32.2. The highest BCUT2D eigenvalue weighted by molar-refractivity contribution is 7.98. The zero-order chi connectivity index (χ0) is 14.8. The molecule has 1 aromatic carbocycles. The number of benzene rings is 1. The van der Waals surface area contributed by atoms with Crippen LogP contribution in [-0.2, 0) is 6.42 Å². The molecule has 0 aliphatic rings. The molecule has 0 aromatic heterocycles. The van der Waals surface area contributed by atoms with Crippen molar-refractivity contribution in [2.24, 2.45) is 11.8 Å². The highest BCUT2D eigenvalue weighted by Gasteiger charge is 2.10. The van der Waals surface area contributed by atoms with E-state index in [-0.39, 0.29) is 5.82 Å². The zero-order valence-corrected chi connectivity index (χ0v) is 13.8. The van der Waals surface area contributed by atoms with Crippen molar-refractivity contribution in [3.63, 3.8) is 0 Å². The first-order chi connectivity index (χ1) is 9.61. The van der Waals surface area contributed by atoms with Gasteiger partial charge in [0.05, 0.1) is 0 Å². The van der Waals surface area contributed by atoms with Crippen LogP contribution in [0.25, 0.3) is 0 Å². The van der Waals surface area contributed by atoms with E-state index in [9.17, 15) is 4.39 Å². The third kappa shape index (κ3) is 7.91. The lowest BCUT2D eigenvalue weighted by Crippen LogP contribution is -2.27. The molecule has 1 unspecified atom stereocenters. The fourth-order valence-corrected chi connectivity index (χ4v) is 2.78. The van der Waals surface area contributed by atoms with Gasteiger partial charge >= 0.3 is 0 Å². The zero-order valence-electron chi connectivity index (χ0n) is 13.0. The lowest BCUT2D eigenvalue weighted by atomic mass is 9.94. The summed E-state index contributed by atoms with van der Waals surface area (Å²) in [5, 5.41) is 3.56. The topological polar surface area (TPSA) is 12.0 Å². The summed E-state index contributed by atoms with van der Waals surface area (Å²) in [6.45, 7) is 6.60. The van der Waals surface area contributed by atoms with E-state index >= 15 is 0 Å². The Labute approximate surface area is 127 Å². The Balaban J connectivity index is 2.45. The Kier molecular flexibility index (Phi) is 8.95. The minimum atomic E-state index is -0.148. The Morgan fingerprint density at radius 3 is 2.45 bits per heavy atom. The van der Waals surface area contributed by atoms with Gasteiger partial charge in [-0.15, -0.1) is 0 Å². The second-order valence-corrected chi connectivity index (χ2v) is 6.87. The number of nitrogens with one attached hydrogen (secondary N) is 1. The number of thioether (sulfide) groups is 1. The lowest BCUT2D eigenvalue weighted by Gasteiger charge is -2.18. The summed E-state index contributed by atoms with van der Waals surface area (Å²) in [4.78, 5) is 0. The molecule has 20 heavy (non-hydrogen) atoms. The van der Waals surface area contributed by atoms with Crippen LogP contribution in [0.15, 0.2) is 24.3 Å². The molecule has 1 rings (SSSR count). The van der Waals surface area contributed by atoms with Gasteiger partial charge in [0.1, 0.15) is 5.82 Å². The molecule has 0 saturated heterocycles. The van der Waals surface area contributed by atoms with Gasteiger partial charge in [-0.2, -0.15) is 11.8 Å². The summed E-state index contributed by atoms with van der Waals surface area (Å²) < 4.78 is 12.9. The first-order valence-electron chi connectivity index (χ1n) is 7.56. The maximum absolute atomic E-state index is 12.9. The molecule has 1 nitrogen and oxygen atoms in total. The number of halogens is 1. The smallest absolute Gasteiger partial charge is 0.123 e. The van der Waals surface area contributed by atoms with Crippen LogP contribution in [0, 0.1) is 17.7 Å². The van der Waals surface area contributed by atoms with Gasteiger partial charge in [0.2, 0.25) is 0 Å². The summed E-state index contributed by atoms with van der Waals surface area (Å²) in [5.41, 5.74) is 1.24. The predicted octanol–water partition coefficient (Wildman–Crippen LogP) is 4.37. The van der Waals surface area contributed by atoms with Gasteiger partial charge in [0.15, 0.2) is 0 Å². The fraction of sp³-hybridized carbons (Fsp3) is 0.647. The van der Waals surface area contributed by atoms with Gasteiger partial charge in [0.25, 0.3) is 0 Å². The van der Waals surface area contributed by atoms with Crippen molar-refractivity contribution in [2.75, 3.05) is 25.1 Å². The van der Waals surface area contributed by atoms with E-state index in [1.165, 1.54) is 24.2 Å². The van der Waals surface area contributed by atoms with Crippen molar-refractivity contribution in [2.45, 2.75) is 33.1 Å². The van der Waals surface area contributed by atoms with Crippen molar-refractivity contribution in [1.29, 1.82) is 0 Å². The molecule has 0 bridgehead atoms. The van der Waals surface area contributed by atoms with Crippen LogP contribution >= 0.6 is 11.8 Å². The molecular weight excluding hydrogens is 269 g/mol. The van der Waals surface area contributed by atoms with E-state index in [1.54, 1.807) is 12.1 Å². The van der Waals surface area contributed by atoms with Crippen LogP contribution in [0.3, 0.4) is 0 Å². The monoisotopic (exact) mass is 297 g/mol. The quantitative estimate of drug-likeness (QED) is 0.643. The maximum Gasteiger partial charge on any atom is 0.123 e. The summed E-state index contributed by atoms with van der Waals surface area (Å²) in [6, 6.07) is 6.96. The first-order valence-corrected chi connectivity index (χ1v) is 8.95. The van der Waals surface area contributed by atoms with E-state index in [1.807, 2.05) is 23.9 Å². The molecule has 0 aliphatic heterocycles. The van der Waals surface area contributed by atoms with E-state index in [2.05, 4.69) is 25.4 Å². The summed E-state index contributed by atoms with van der Waals surface area (Å²) in [7, 11) is 0. The first kappa shape index (κ1) is 17.5. The summed E-state index contributed by atoms with van der Waals surface area (Å²) in [6.07, 6.45) is 5.70. The molecule has 0 amide bonds. The molecule has 1 aromatic rings. The largest absolute Gasteiger partial charge is 0.316 e. The molecule has 0 spiro atoms. The minimum absolute atomic E-state index is 0.148. The minimum Gasteiger partial charge on any atom is -0.316 e. The predicted molar refractivity (Wildman–Crippen MR) is 88.9 cm³/mol. The Hall–Kier alpha value is -0.540. The van der Waals surface area contributed by atoms with Crippen LogP contribution < -0.4 is 5.32 Å². The van der Waals surface area contributed by atoms with E-state index in [0.29, 0.717) is 11.8 Å². The van der Waals surface area contributed by atoms with Gasteiger partial charge in [0, 0.05) is 0 Å². The van der Waals surface area contributed by atoms with Crippen molar-refractivity contribution in [3.8, 4) is 0 Å². The Morgan fingerprint density at radius 2 is 1.85 bits per heavy atom. The molecule has 0 fully saturated rings. The molecule has 0 heterocycles. The van der Waals surface area contributed by atoms with Crippen LogP contribution in [-0.4, -0.2) is 25.1 Å². The highest BCUT2D eigenvalue weighted by Crippen LogP contribution is 2.16. The van der Waals surface area contributed by atoms with Gasteiger partial charge in [-0.25, -0.2) is 4.39 Å². The molecule has 1 atom stereocenters. The maximum atomic E-state index is 12.9. The van der Waals surface area contributed by atoms with Crippen molar-refractivity contribution in [3.05, 3.63) is 35.6 Å².